The molecular weight excluding hydrogens is 228 g/mol. The van der Waals surface area contributed by atoms with Gasteiger partial charge in [-0.2, -0.15) is 0 Å². The van der Waals surface area contributed by atoms with Gasteiger partial charge >= 0.3 is 5.97 Å². The van der Waals surface area contributed by atoms with Crippen LogP contribution in [-0.2, 0) is 19.2 Å². The highest BCUT2D eigenvalue weighted by molar-refractivity contribution is 6.06. The van der Waals surface area contributed by atoms with Crippen LogP contribution in [0.3, 0.4) is 0 Å². The van der Waals surface area contributed by atoms with Crippen molar-refractivity contribution >= 4 is 23.7 Å². The molecule has 0 aromatic rings. The van der Waals surface area contributed by atoms with Crippen molar-refractivity contribution in [2.75, 3.05) is 13.1 Å². The van der Waals surface area contributed by atoms with E-state index in [1.165, 1.54) is 4.90 Å². The predicted octanol–water partition coefficient (Wildman–Crippen LogP) is -1.64. The number of carbonyl (C=O) groups is 4. The van der Waals surface area contributed by atoms with Crippen LogP contribution in [0.5, 0.6) is 0 Å². The summed E-state index contributed by atoms with van der Waals surface area (Å²) in [4.78, 5) is 45.7. The minimum atomic E-state index is -1.22. The Morgan fingerprint density at radius 3 is 2.18 bits per heavy atom. The highest BCUT2D eigenvalue weighted by atomic mass is 16.4. The van der Waals surface area contributed by atoms with Gasteiger partial charge in [-0.1, -0.05) is 0 Å². The highest BCUT2D eigenvalue weighted by Gasteiger charge is 2.48. The Hall–Kier alpha value is -2.18. The molecule has 0 unspecified atom stereocenters. The molecule has 0 aliphatic carbocycles. The van der Waals surface area contributed by atoms with Crippen LogP contribution in [0.1, 0.15) is 0 Å². The van der Waals surface area contributed by atoms with E-state index in [4.69, 9.17) is 5.11 Å². The fourth-order valence-electron chi connectivity index (χ4n) is 2.07. The lowest BCUT2D eigenvalue weighted by molar-refractivity contribution is -0.133. The van der Waals surface area contributed by atoms with E-state index in [0.29, 0.717) is 0 Å². The minimum Gasteiger partial charge on any atom is -0.478 e. The second kappa shape index (κ2) is 4.00. The summed E-state index contributed by atoms with van der Waals surface area (Å²) in [5.74, 6) is -3.43. The molecule has 2 atom stereocenters. The van der Waals surface area contributed by atoms with Crippen molar-refractivity contribution in [3.8, 4) is 0 Å². The third-order valence-electron chi connectivity index (χ3n) is 2.92. The van der Waals surface area contributed by atoms with Gasteiger partial charge in [0, 0.05) is 25.2 Å². The largest absolute Gasteiger partial charge is 0.478 e. The fourth-order valence-corrected chi connectivity index (χ4v) is 2.07. The van der Waals surface area contributed by atoms with E-state index in [0.717, 1.165) is 12.2 Å². The van der Waals surface area contributed by atoms with E-state index < -0.39 is 23.7 Å². The molecule has 2 N–H and O–H groups in total. The number of fused-ring (bicyclic) bond motifs is 1. The van der Waals surface area contributed by atoms with Gasteiger partial charge in [0.05, 0.1) is 11.8 Å². The molecule has 0 saturated carbocycles. The zero-order chi connectivity index (χ0) is 12.6. The van der Waals surface area contributed by atoms with E-state index in [9.17, 15) is 19.2 Å². The van der Waals surface area contributed by atoms with Crippen molar-refractivity contribution in [1.29, 1.82) is 0 Å². The molecular formula is C10H10N2O5. The molecule has 2 saturated heterocycles. The van der Waals surface area contributed by atoms with Gasteiger partial charge in [-0.15, -0.1) is 0 Å². The summed E-state index contributed by atoms with van der Waals surface area (Å²) in [6.45, 7) is 0.316. The summed E-state index contributed by atoms with van der Waals surface area (Å²) in [6.07, 6.45) is 1.66. The molecule has 17 heavy (non-hydrogen) atoms. The number of nitrogens with one attached hydrogen (secondary N) is 1. The molecule has 0 radical (unpaired) electrons. The second-order valence-electron chi connectivity index (χ2n) is 3.98. The molecule has 0 aromatic carbocycles. The number of hydrogen-bond acceptors (Lipinski definition) is 4. The molecule has 7 nitrogen and oxygen atoms in total. The highest BCUT2D eigenvalue weighted by Crippen LogP contribution is 2.28. The Kier molecular flexibility index (Phi) is 2.66. The fraction of sp³-hybridized carbons (Fsp3) is 0.400. The summed E-state index contributed by atoms with van der Waals surface area (Å²) < 4.78 is 0. The smallest absolute Gasteiger partial charge is 0.328 e. The topological polar surface area (TPSA) is 104 Å². The number of rotatable bonds is 2. The zero-order valence-electron chi connectivity index (χ0n) is 8.75. The molecule has 2 fully saturated rings. The van der Waals surface area contributed by atoms with Gasteiger partial charge in [-0.05, 0) is 0 Å². The summed E-state index contributed by atoms with van der Waals surface area (Å²) in [6, 6.07) is 0. The summed E-state index contributed by atoms with van der Waals surface area (Å²) in [5.41, 5.74) is 0. The molecule has 2 heterocycles. The third kappa shape index (κ3) is 2.03. The van der Waals surface area contributed by atoms with Gasteiger partial charge in [-0.25, -0.2) is 4.79 Å². The van der Waals surface area contributed by atoms with Crippen LogP contribution in [0.25, 0.3) is 0 Å². The Bertz CT molecular complexity index is 420. The average molecular weight is 238 g/mol. The molecule has 90 valence electrons. The Morgan fingerprint density at radius 1 is 1.18 bits per heavy atom. The van der Waals surface area contributed by atoms with Crippen LogP contribution in [0, 0.1) is 11.8 Å². The Balaban J connectivity index is 2.03. The SMILES string of the molecule is O=C(O)/C=C/C(=O)N1C[C@@H]2C(=O)NC(=O)[C@H]2C1. The number of carbonyl (C=O) groups excluding carboxylic acids is 3. The number of carboxylic acid groups (broad SMARTS) is 1. The van der Waals surface area contributed by atoms with Crippen LogP contribution < -0.4 is 5.32 Å². The second-order valence-corrected chi connectivity index (χ2v) is 3.98. The van der Waals surface area contributed by atoms with E-state index in [1.54, 1.807) is 0 Å². The zero-order valence-corrected chi connectivity index (χ0v) is 8.75. The first-order chi connectivity index (χ1) is 7.99. The lowest BCUT2D eigenvalue weighted by Gasteiger charge is -2.14. The molecule has 7 heteroatoms. The molecule has 0 aromatic heterocycles. The average Bonchev–Trinajstić information content (AvgIpc) is 2.79. The van der Waals surface area contributed by atoms with Crippen molar-refractivity contribution in [3.05, 3.63) is 12.2 Å². The van der Waals surface area contributed by atoms with Gasteiger partial charge < -0.3 is 10.0 Å². The number of nitrogens with zero attached hydrogens (tertiary/aromatic N) is 1. The van der Waals surface area contributed by atoms with Gasteiger partial charge in [0.15, 0.2) is 0 Å². The molecule has 2 aliphatic heterocycles. The van der Waals surface area contributed by atoms with Crippen LogP contribution in [0.2, 0.25) is 0 Å². The van der Waals surface area contributed by atoms with Crippen LogP contribution >= 0.6 is 0 Å². The quantitative estimate of drug-likeness (QED) is 0.443. The van der Waals surface area contributed by atoms with Gasteiger partial charge in [0.2, 0.25) is 17.7 Å². The number of amides is 3. The Labute approximate surface area is 96.1 Å². The van der Waals surface area contributed by atoms with Gasteiger partial charge in [0.25, 0.3) is 0 Å². The number of aliphatic carboxylic acids is 1. The summed E-state index contributed by atoms with van der Waals surface area (Å²) in [5, 5.41) is 10.6. The predicted molar refractivity (Wildman–Crippen MR) is 53.5 cm³/mol. The van der Waals surface area contributed by atoms with Crippen molar-refractivity contribution in [2.24, 2.45) is 11.8 Å². The number of imide groups is 1. The maximum absolute atomic E-state index is 11.5. The molecule has 0 bridgehead atoms. The van der Waals surface area contributed by atoms with E-state index in [-0.39, 0.29) is 24.9 Å². The van der Waals surface area contributed by atoms with Crippen LogP contribution in [0.15, 0.2) is 12.2 Å². The molecule has 0 spiro atoms. The van der Waals surface area contributed by atoms with Gasteiger partial charge in [0.1, 0.15) is 0 Å². The maximum Gasteiger partial charge on any atom is 0.328 e. The number of likely N-dealkylation sites (tertiary alicyclic amines) is 1. The molecule has 2 rings (SSSR count). The van der Waals surface area contributed by atoms with E-state index >= 15 is 0 Å². The van der Waals surface area contributed by atoms with Crippen LogP contribution in [0.4, 0.5) is 0 Å². The number of hydrogen-bond donors (Lipinski definition) is 2. The first-order valence-electron chi connectivity index (χ1n) is 5.03. The third-order valence-corrected chi connectivity index (χ3v) is 2.92. The normalized spacial score (nSPS) is 27.4. The van der Waals surface area contributed by atoms with Gasteiger partial charge in [-0.3, -0.25) is 19.7 Å². The monoisotopic (exact) mass is 238 g/mol. The van der Waals surface area contributed by atoms with E-state index in [1.807, 2.05) is 0 Å². The van der Waals surface area contributed by atoms with Crippen molar-refractivity contribution < 1.29 is 24.3 Å². The number of carboxylic acids is 1. The molecule has 3 amide bonds. The first kappa shape index (κ1) is 11.3. The van der Waals surface area contributed by atoms with E-state index in [2.05, 4.69) is 5.32 Å². The standard InChI is InChI=1S/C10H10N2O5/c13-7(1-2-8(14)15)12-3-5-6(4-12)10(17)11-9(5)16/h1-2,5-6H,3-4H2,(H,14,15)(H,11,16,17)/b2-1+/t5-,6-/m0/s1. The van der Waals surface area contributed by atoms with Crippen molar-refractivity contribution in [1.82, 2.24) is 10.2 Å². The summed E-state index contributed by atoms with van der Waals surface area (Å²) in [7, 11) is 0. The first-order valence-corrected chi connectivity index (χ1v) is 5.03. The van der Waals surface area contributed by atoms with Crippen molar-refractivity contribution in [3.63, 3.8) is 0 Å². The minimum absolute atomic E-state index is 0.158. The van der Waals surface area contributed by atoms with Crippen LogP contribution in [-0.4, -0.2) is 46.8 Å². The summed E-state index contributed by atoms with van der Waals surface area (Å²) >= 11 is 0. The lowest BCUT2D eigenvalue weighted by Crippen LogP contribution is -2.34. The maximum atomic E-state index is 11.5. The Morgan fingerprint density at radius 2 is 1.71 bits per heavy atom. The van der Waals surface area contributed by atoms with Crippen molar-refractivity contribution in [2.45, 2.75) is 0 Å². The molecule has 2 aliphatic rings. The lowest BCUT2D eigenvalue weighted by atomic mass is 10.00.